The molecule has 0 radical (unpaired) electrons. The van der Waals surface area contributed by atoms with Gasteiger partial charge in [-0.1, -0.05) is 62.4 Å². The molecule has 4 nitrogen and oxygen atoms in total. The van der Waals surface area contributed by atoms with E-state index in [0.29, 0.717) is 13.1 Å². The van der Waals surface area contributed by atoms with Crippen LogP contribution < -0.4 is 5.32 Å². The largest absolute Gasteiger partial charge is 0.395 e. The highest BCUT2D eigenvalue weighted by Crippen LogP contribution is 2.23. The predicted octanol–water partition coefficient (Wildman–Crippen LogP) is 3.84. The molecule has 128 valence electrons. The SMILES string of the molecule is CCc1cccc(CC)c1NC(=O)N(CCO)Cc1ccccc1. The van der Waals surface area contributed by atoms with Gasteiger partial charge in [-0.15, -0.1) is 0 Å². The minimum absolute atomic E-state index is 0.0592. The van der Waals surface area contributed by atoms with Gasteiger partial charge < -0.3 is 15.3 Å². The first-order valence-electron chi connectivity index (χ1n) is 8.51. The lowest BCUT2D eigenvalue weighted by atomic mass is 10.0. The molecule has 0 heterocycles. The van der Waals surface area contributed by atoms with Crippen LogP contribution in [-0.4, -0.2) is 29.2 Å². The number of nitrogens with one attached hydrogen (secondary N) is 1. The Balaban J connectivity index is 2.19. The molecule has 2 aromatic rings. The van der Waals surface area contributed by atoms with Gasteiger partial charge in [0.25, 0.3) is 0 Å². The van der Waals surface area contributed by atoms with Crippen LogP contribution in [0.5, 0.6) is 0 Å². The summed E-state index contributed by atoms with van der Waals surface area (Å²) >= 11 is 0. The summed E-state index contributed by atoms with van der Waals surface area (Å²) in [6.45, 7) is 4.88. The number of benzene rings is 2. The Morgan fingerprint density at radius 3 is 2.17 bits per heavy atom. The van der Waals surface area contributed by atoms with Gasteiger partial charge in [-0.05, 0) is 29.5 Å². The van der Waals surface area contributed by atoms with Crippen molar-refractivity contribution >= 4 is 11.7 Å². The van der Waals surface area contributed by atoms with Crippen LogP contribution in [0, 0.1) is 0 Å². The number of hydrogen-bond donors (Lipinski definition) is 2. The molecule has 2 N–H and O–H groups in total. The molecule has 0 saturated heterocycles. The summed E-state index contributed by atoms with van der Waals surface area (Å²) in [6, 6.07) is 15.8. The molecule has 2 amide bonds. The Morgan fingerprint density at radius 2 is 1.62 bits per heavy atom. The Kier molecular flexibility index (Phi) is 6.82. The van der Waals surface area contributed by atoms with E-state index >= 15 is 0 Å². The summed E-state index contributed by atoms with van der Waals surface area (Å²) in [6.07, 6.45) is 1.73. The number of aliphatic hydroxyl groups excluding tert-OH is 1. The molecule has 0 spiro atoms. The van der Waals surface area contributed by atoms with Crippen LogP contribution in [0.3, 0.4) is 0 Å². The zero-order chi connectivity index (χ0) is 17.4. The van der Waals surface area contributed by atoms with Crippen molar-refractivity contribution in [2.24, 2.45) is 0 Å². The number of aryl methyl sites for hydroxylation is 2. The lowest BCUT2D eigenvalue weighted by molar-refractivity contribution is 0.185. The molecule has 0 bridgehead atoms. The fourth-order valence-electron chi connectivity index (χ4n) is 2.77. The van der Waals surface area contributed by atoms with Crippen molar-refractivity contribution in [1.29, 1.82) is 0 Å². The average Bonchev–Trinajstić information content (AvgIpc) is 2.62. The normalized spacial score (nSPS) is 10.5. The second-order valence-electron chi connectivity index (χ2n) is 5.72. The number of carbonyl (C=O) groups excluding carboxylic acids is 1. The molecule has 4 heteroatoms. The highest BCUT2D eigenvalue weighted by Gasteiger charge is 2.16. The van der Waals surface area contributed by atoms with E-state index in [1.807, 2.05) is 48.5 Å². The first-order valence-corrected chi connectivity index (χ1v) is 8.51. The van der Waals surface area contributed by atoms with Gasteiger partial charge in [0.2, 0.25) is 0 Å². The smallest absolute Gasteiger partial charge is 0.322 e. The maximum atomic E-state index is 12.7. The Morgan fingerprint density at radius 1 is 1.00 bits per heavy atom. The van der Waals surface area contributed by atoms with Crippen molar-refractivity contribution in [3.63, 3.8) is 0 Å². The molecule has 0 unspecified atom stereocenters. The van der Waals surface area contributed by atoms with Gasteiger partial charge in [-0.25, -0.2) is 4.79 Å². The van der Waals surface area contributed by atoms with E-state index < -0.39 is 0 Å². The van der Waals surface area contributed by atoms with E-state index in [4.69, 9.17) is 0 Å². The highest BCUT2D eigenvalue weighted by atomic mass is 16.3. The van der Waals surface area contributed by atoms with Crippen LogP contribution in [-0.2, 0) is 19.4 Å². The van der Waals surface area contributed by atoms with Gasteiger partial charge >= 0.3 is 6.03 Å². The summed E-state index contributed by atoms with van der Waals surface area (Å²) in [4.78, 5) is 14.4. The van der Waals surface area contributed by atoms with Gasteiger partial charge in [0, 0.05) is 18.8 Å². The molecule has 0 aliphatic rings. The van der Waals surface area contributed by atoms with Gasteiger partial charge in [0.15, 0.2) is 0 Å². The highest BCUT2D eigenvalue weighted by molar-refractivity contribution is 5.91. The summed E-state index contributed by atoms with van der Waals surface area (Å²) in [5.41, 5.74) is 4.21. The molecule has 2 aromatic carbocycles. The van der Waals surface area contributed by atoms with Gasteiger partial charge in [0.05, 0.1) is 6.61 Å². The lowest BCUT2D eigenvalue weighted by Crippen LogP contribution is -2.37. The molecule has 0 aliphatic carbocycles. The predicted molar refractivity (Wildman–Crippen MR) is 98.2 cm³/mol. The Labute approximate surface area is 144 Å². The number of carbonyl (C=O) groups is 1. The number of amides is 2. The lowest BCUT2D eigenvalue weighted by Gasteiger charge is -2.24. The maximum absolute atomic E-state index is 12.7. The standard InChI is InChI=1S/C20H26N2O2/c1-3-17-11-8-12-18(4-2)19(17)21-20(24)22(13-14-23)15-16-9-6-5-7-10-16/h5-12,23H,3-4,13-15H2,1-2H3,(H,21,24). The Hall–Kier alpha value is -2.33. The van der Waals surface area contributed by atoms with E-state index in [-0.39, 0.29) is 12.6 Å². The van der Waals surface area contributed by atoms with Crippen molar-refractivity contribution < 1.29 is 9.90 Å². The minimum atomic E-state index is -0.177. The van der Waals surface area contributed by atoms with Gasteiger partial charge in [-0.3, -0.25) is 0 Å². The molecule has 0 atom stereocenters. The molecule has 0 aromatic heterocycles. The van der Waals surface area contributed by atoms with Crippen molar-refractivity contribution in [2.45, 2.75) is 33.2 Å². The van der Waals surface area contributed by atoms with E-state index in [0.717, 1.165) is 35.2 Å². The number of aliphatic hydroxyl groups is 1. The van der Waals surface area contributed by atoms with E-state index in [1.54, 1.807) is 4.90 Å². The number of para-hydroxylation sites is 1. The van der Waals surface area contributed by atoms with Crippen molar-refractivity contribution in [1.82, 2.24) is 4.90 Å². The first-order chi connectivity index (χ1) is 11.7. The number of nitrogens with zero attached hydrogens (tertiary/aromatic N) is 1. The average molecular weight is 326 g/mol. The van der Waals surface area contributed by atoms with E-state index in [1.165, 1.54) is 0 Å². The van der Waals surface area contributed by atoms with Crippen LogP contribution >= 0.6 is 0 Å². The Bertz CT molecular complexity index is 634. The summed E-state index contributed by atoms with van der Waals surface area (Å²) in [7, 11) is 0. The molecular weight excluding hydrogens is 300 g/mol. The zero-order valence-electron chi connectivity index (χ0n) is 14.5. The number of hydrogen-bond acceptors (Lipinski definition) is 2. The van der Waals surface area contributed by atoms with Crippen LogP contribution in [0.25, 0.3) is 0 Å². The molecule has 0 saturated carbocycles. The van der Waals surface area contributed by atoms with Crippen LogP contribution in [0.15, 0.2) is 48.5 Å². The molecular formula is C20H26N2O2. The number of urea groups is 1. The summed E-state index contributed by atoms with van der Waals surface area (Å²) in [5.74, 6) is 0. The molecule has 2 rings (SSSR count). The molecule has 0 aliphatic heterocycles. The maximum Gasteiger partial charge on any atom is 0.322 e. The van der Waals surface area contributed by atoms with E-state index in [2.05, 4.69) is 19.2 Å². The van der Waals surface area contributed by atoms with Gasteiger partial charge in [0.1, 0.15) is 0 Å². The van der Waals surface area contributed by atoms with Crippen LogP contribution in [0.4, 0.5) is 10.5 Å². The first kappa shape index (κ1) is 18.0. The van der Waals surface area contributed by atoms with Crippen LogP contribution in [0.1, 0.15) is 30.5 Å². The quantitative estimate of drug-likeness (QED) is 0.812. The monoisotopic (exact) mass is 326 g/mol. The second kappa shape index (κ2) is 9.08. The molecule has 24 heavy (non-hydrogen) atoms. The third-order valence-electron chi connectivity index (χ3n) is 4.10. The van der Waals surface area contributed by atoms with Crippen molar-refractivity contribution in [3.05, 3.63) is 65.2 Å². The van der Waals surface area contributed by atoms with E-state index in [9.17, 15) is 9.90 Å². The summed E-state index contributed by atoms with van der Waals surface area (Å²) < 4.78 is 0. The zero-order valence-corrected chi connectivity index (χ0v) is 14.5. The number of anilines is 1. The van der Waals surface area contributed by atoms with Gasteiger partial charge in [-0.2, -0.15) is 0 Å². The summed E-state index contributed by atoms with van der Waals surface area (Å²) in [5, 5.41) is 12.4. The second-order valence-corrected chi connectivity index (χ2v) is 5.72. The fraction of sp³-hybridized carbons (Fsp3) is 0.350. The topological polar surface area (TPSA) is 52.6 Å². The van der Waals surface area contributed by atoms with Crippen molar-refractivity contribution in [3.8, 4) is 0 Å². The minimum Gasteiger partial charge on any atom is -0.395 e. The van der Waals surface area contributed by atoms with Crippen LogP contribution in [0.2, 0.25) is 0 Å². The third kappa shape index (κ3) is 4.59. The molecule has 0 fully saturated rings. The number of rotatable bonds is 7. The third-order valence-corrected chi connectivity index (χ3v) is 4.10. The van der Waals surface area contributed by atoms with Crippen molar-refractivity contribution in [2.75, 3.05) is 18.5 Å². The fourth-order valence-corrected chi connectivity index (χ4v) is 2.77.